The number of nitriles is 1. The van der Waals surface area contributed by atoms with Crippen LogP contribution < -0.4 is 0 Å². The van der Waals surface area contributed by atoms with Gasteiger partial charge >= 0.3 is 0 Å². The Morgan fingerprint density at radius 3 is 2.73 bits per heavy atom. The van der Waals surface area contributed by atoms with E-state index in [1.807, 2.05) is 18.3 Å². The molecule has 0 fully saturated rings. The summed E-state index contributed by atoms with van der Waals surface area (Å²) in [6.07, 6.45) is 2.02. The standard InChI is InChI=1S/C12H11N2.Y/c1-9(2)14-7-6-11-10(8-13)4-3-5-12(11)14;/h4-7,9H,1-2H3;/q-1;. The van der Waals surface area contributed by atoms with Crippen molar-refractivity contribution in [2.45, 2.75) is 19.9 Å². The molecule has 2 aromatic rings. The van der Waals surface area contributed by atoms with Gasteiger partial charge in [0.25, 0.3) is 0 Å². The second-order valence-electron chi connectivity index (χ2n) is 3.60. The van der Waals surface area contributed by atoms with Crippen LogP contribution in [0.3, 0.4) is 0 Å². The normalized spacial score (nSPS) is 10.0. The second-order valence-corrected chi connectivity index (χ2v) is 3.60. The molecule has 0 aliphatic carbocycles. The Labute approximate surface area is 115 Å². The van der Waals surface area contributed by atoms with E-state index in [1.54, 1.807) is 6.07 Å². The summed E-state index contributed by atoms with van der Waals surface area (Å²) in [5.41, 5.74) is 1.78. The molecule has 0 aliphatic rings. The maximum Gasteiger partial charge on any atom is 0.0314 e. The van der Waals surface area contributed by atoms with Crippen LogP contribution in [-0.4, -0.2) is 4.57 Å². The maximum atomic E-state index is 8.90. The van der Waals surface area contributed by atoms with E-state index < -0.39 is 0 Å². The summed E-state index contributed by atoms with van der Waals surface area (Å²) in [4.78, 5) is 0. The molecule has 73 valence electrons. The van der Waals surface area contributed by atoms with Gasteiger partial charge in [-0.15, -0.1) is 0 Å². The molecule has 1 radical (unpaired) electrons. The van der Waals surface area contributed by atoms with Crippen molar-refractivity contribution < 1.29 is 32.7 Å². The van der Waals surface area contributed by atoms with Crippen molar-refractivity contribution in [3.8, 4) is 6.07 Å². The van der Waals surface area contributed by atoms with Crippen LogP contribution in [0, 0.1) is 17.4 Å². The van der Waals surface area contributed by atoms with Gasteiger partial charge in [0.1, 0.15) is 0 Å². The van der Waals surface area contributed by atoms with E-state index in [0.717, 1.165) is 10.9 Å². The molecule has 0 N–H and O–H groups in total. The molecule has 0 unspecified atom stereocenters. The average molecular weight is 272 g/mol. The molecule has 1 aromatic heterocycles. The molecule has 0 atom stereocenters. The Kier molecular flexibility index (Phi) is 4.07. The van der Waals surface area contributed by atoms with Crippen LogP contribution in [0.2, 0.25) is 0 Å². The van der Waals surface area contributed by atoms with Crippen molar-refractivity contribution in [2.24, 2.45) is 0 Å². The predicted molar refractivity (Wildman–Crippen MR) is 55.9 cm³/mol. The van der Waals surface area contributed by atoms with E-state index in [2.05, 4.69) is 30.6 Å². The van der Waals surface area contributed by atoms with Crippen LogP contribution in [0.5, 0.6) is 0 Å². The molecule has 0 aliphatic heterocycles. The van der Waals surface area contributed by atoms with E-state index in [1.165, 1.54) is 0 Å². The van der Waals surface area contributed by atoms with Crippen LogP contribution in [0.25, 0.3) is 10.9 Å². The molecule has 1 heterocycles. The molecular weight excluding hydrogens is 261 g/mol. The van der Waals surface area contributed by atoms with Gasteiger partial charge in [-0.1, -0.05) is 17.0 Å². The van der Waals surface area contributed by atoms with Gasteiger partial charge < -0.3 is 4.57 Å². The topological polar surface area (TPSA) is 28.7 Å². The largest absolute Gasteiger partial charge is 0.398 e. The van der Waals surface area contributed by atoms with Gasteiger partial charge in [-0.05, 0) is 25.6 Å². The smallest absolute Gasteiger partial charge is 0.0314 e. The van der Waals surface area contributed by atoms with Gasteiger partial charge in [-0.2, -0.15) is 18.2 Å². The Morgan fingerprint density at radius 2 is 2.13 bits per heavy atom. The molecule has 0 amide bonds. The summed E-state index contributed by atoms with van der Waals surface area (Å²) < 4.78 is 2.15. The van der Waals surface area contributed by atoms with E-state index in [-0.39, 0.29) is 32.7 Å². The fourth-order valence-electron chi connectivity index (χ4n) is 1.66. The van der Waals surface area contributed by atoms with Crippen LogP contribution in [-0.2, 0) is 32.7 Å². The van der Waals surface area contributed by atoms with Crippen molar-refractivity contribution in [3.63, 3.8) is 0 Å². The third-order valence-electron chi connectivity index (χ3n) is 2.37. The first-order valence-electron chi connectivity index (χ1n) is 4.65. The zero-order valence-corrected chi connectivity index (χ0v) is 11.7. The molecule has 0 bridgehead atoms. The number of rotatable bonds is 1. The van der Waals surface area contributed by atoms with Crippen LogP contribution in [0.1, 0.15) is 25.5 Å². The van der Waals surface area contributed by atoms with Gasteiger partial charge in [-0.3, -0.25) is 0 Å². The third kappa shape index (κ3) is 2.14. The van der Waals surface area contributed by atoms with Crippen LogP contribution in [0.15, 0.2) is 24.4 Å². The molecule has 2 nitrogen and oxygen atoms in total. The molecule has 3 heteroatoms. The van der Waals surface area contributed by atoms with Crippen LogP contribution >= 0.6 is 0 Å². The minimum Gasteiger partial charge on any atom is -0.398 e. The summed E-state index contributed by atoms with van der Waals surface area (Å²) in [6, 6.07) is 11.2. The van der Waals surface area contributed by atoms with Gasteiger partial charge in [0.2, 0.25) is 0 Å². The van der Waals surface area contributed by atoms with Gasteiger partial charge in [-0.25, -0.2) is 5.26 Å². The number of nitrogens with zero attached hydrogens (tertiary/aromatic N) is 2. The SMILES string of the molecule is CC(C)n1ccc2c(C#N)c[c-]cc21.[Y]. The van der Waals surface area contributed by atoms with Crippen LogP contribution in [0.4, 0.5) is 0 Å². The maximum absolute atomic E-state index is 8.90. The molecule has 0 saturated carbocycles. The first-order valence-corrected chi connectivity index (χ1v) is 4.65. The zero-order chi connectivity index (χ0) is 10.1. The number of hydrogen-bond acceptors (Lipinski definition) is 1. The van der Waals surface area contributed by atoms with E-state index in [4.69, 9.17) is 5.26 Å². The quantitative estimate of drug-likeness (QED) is 0.734. The molecule has 1 aromatic carbocycles. The molecule has 2 rings (SSSR count). The molecular formula is C12H11N2Y-. The van der Waals surface area contributed by atoms with Gasteiger partial charge in [0.15, 0.2) is 0 Å². The number of hydrogen-bond donors (Lipinski definition) is 0. The Bertz CT molecular complexity index is 506. The third-order valence-corrected chi connectivity index (χ3v) is 2.37. The minimum absolute atomic E-state index is 0. The summed E-state index contributed by atoms with van der Waals surface area (Å²) in [6.45, 7) is 4.25. The minimum atomic E-state index is 0. The van der Waals surface area contributed by atoms with E-state index >= 15 is 0 Å². The monoisotopic (exact) mass is 272 g/mol. The fourth-order valence-corrected chi connectivity index (χ4v) is 1.66. The predicted octanol–water partition coefficient (Wildman–Crippen LogP) is 2.89. The van der Waals surface area contributed by atoms with Crippen molar-refractivity contribution in [2.75, 3.05) is 0 Å². The number of benzene rings is 1. The first-order chi connectivity index (χ1) is 6.74. The number of fused-ring (bicyclic) bond motifs is 1. The van der Waals surface area contributed by atoms with E-state index in [9.17, 15) is 0 Å². The van der Waals surface area contributed by atoms with E-state index in [0.29, 0.717) is 11.6 Å². The average Bonchev–Trinajstić information content (AvgIpc) is 2.60. The second kappa shape index (κ2) is 4.92. The first kappa shape index (κ1) is 12.4. The summed E-state index contributed by atoms with van der Waals surface area (Å²) in [5, 5.41) is 9.92. The van der Waals surface area contributed by atoms with Gasteiger partial charge in [0.05, 0.1) is 0 Å². The Balaban J connectivity index is 0.00000112. The van der Waals surface area contributed by atoms with Crippen molar-refractivity contribution in [1.82, 2.24) is 4.57 Å². The summed E-state index contributed by atoms with van der Waals surface area (Å²) >= 11 is 0. The van der Waals surface area contributed by atoms with Crippen molar-refractivity contribution in [1.29, 1.82) is 5.26 Å². The van der Waals surface area contributed by atoms with Crippen molar-refractivity contribution >= 4 is 10.9 Å². The summed E-state index contributed by atoms with van der Waals surface area (Å²) in [7, 11) is 0. The summed E-state index contributed by atoms with van der Waals surface area (Å²) in [5.74, 6) is 0. The molecule has 15 heavy (non-hydrogen) atoms. The zero-order valence-electron chi connectivity index (χ0n) is 8.86. The molecule has 0 saturated heterocycles. The molecule has 0 spiro atoms. The fraction of sp³-hybridized carbons (Fsp3) is 0.250. The Morgan fingerprint density at radius 1 is 1.40 bits per heavy atom. The van der Waals surface area contributed by atoms with Gasteiger partial charge in [0, 0.05) is 44.8 Å². The number of aromatic nitrogens is 1. The Hall–Kier alpha value is -0.646. The van der Waals surface area contributed by atoms with Crippen molar-refractivity contribution in [3.05, 3.63) is 36.0 Å².